The van der Waals surface area contributed by atoms with Gasteiger partial charge in [0.15, 0.2) is 4.96 Å². The second kappa shape index (κ2) is 7.62. The average Bonchev–Trinajstić information content (AvgIpc) is 2.96. The van der Waals surface area contributed by atoms with Gasteiger partial charge in [-0.25, -0.2) is 4.98 Å². The van der Waals surface area contributed by atoms with Gasteiger partial charge in [-0.1, -0.05) is 6.92 Å². The van der Waals surface area contributed by atoms with Crippen molar-refractivity contribution in [2.45, 2.75) is 39.2 Å². The highest BCUT2D eigenvalue weighted by Crippen LogP contribution is 2.13. The molecule has 1 unspecified atom stereocenters. The van der Waals surface area contributed by atoms with E-state index in [0.29, 0.717) is 6.04 Å². The molecule has 1 atom stereocenters. The number of thiazole rings is 1. The van der Waals surface area contributed by atoms with E-state index in [9.17, 15) is 0 Å². The molecule has 2 aromatic heterocycles. The van der Waals surface area contributed by atoms with Crippen LogP contribution in [0.4, 0.5) is 0 Å². The van der Waals surface area contributed by atoms with E-state index >= 15 is 0 Å². The summed E-state index contributed by atoms with van der Waals surface area (Å²) in [6.07, 6.45) is 7.36. The lowest BCUT2D eigenvalue weighted by molar-refractivity contribution is 0.136. The van der Waals surface area contributed by atoms with Crippen LogP contribution in [0.1, 0.15) is 32.4 Å². The molecule has 0 spiro atoms. The van der Waals surface area contributed by atoms with E-state index in [1.54, 1.807) is 11.3 Å². The minimum atomic E-state index is 0.455. The molecular weight excluding hydrogens is 258 g/mol. The summed E-state index contributed by atoms with van der Waals surface area (Å²) in [5.74, 6) is 0. The number of nitrogens with one attached hydrogen (secondary N) is 1. The Morgan fingerprint density at radius 3 is 3.11 bits per heavy atom. The van der Waals surface area contributed by atoms with Crippen LogP contribution >= 0.6 is 11.3 Å². The summed E-state index contributed by atoms with van der Waals surface area (Å²) in [6.45, 7) is 6.90. The van der Waals surface area contributed by atoms with E-state index < -0.39 is 0 Å². The largest absolute Gasteiger partial charge is 0.382 e. The van der Waals surface area contributed by atoms with Crippen LogP contribution in [0.5, 0.6) is 0 Å². The summed E-state index contributed by atoms with van der Waals surface area (Å²) < 4.78 is 7.56. The van der Waals surface area contributed by atoms with Crippen molar-refractivity contribution in [3.05, 3.63) is 23.5 Å². The van der Waals surface area contributed by atoms with Crippen molar-refractivity contribution in [2.24, 2.45) is 0 Å². The molecule has 0 aliphatic carbocycles. The molecule has 0 amide bonds. The Labute approximate surface area is 118 Å². The molecule has 0 fully saturated rings. The van der Waals surface area contributed by atoms with E-state index in [4.69, 9.17) is 4.74 Å². The summed E-state index contributed by atoms with van der Waals surface area (Å²) in [6, 6.07) is 0.455. The molecule has 4 nitrogen and oxygen atoms in total. The average molecular weight is 281 g/mol. The zero-order valence-corrected chi connectivity index (χ0v) is 12.6. The van der Waals surface area contributed by atoms with Gasteiger partial charge in [0.25, 0.3) is 0 Å². The molecule has 0 bridgehead atoms. The van der Waals surface area contributed by atoms with Crippen LogP contribution < -0.4 is 5.32 Å². The monoisotopic (exact) mass is 281 g/mol. The van der Waals surface area contributed by atoms with Crippen molar-refractivity contribution in [3.63, 3.8) is 0 Å². The number of rotatable bonds is 9. The van der Waals surface area contributed by atoms with E-state index in [1.807, 2.05) is 6.92 Å². The fraction of sp³-hybridized carbons (Fsp3) is 0.643. The molecule has 0 radical (unpaired) electrons. The number of nitrogens with zero attached hydrogens (tertiary/aromatic N) is 2. The van der Waals surface area contributed by atoms with Crippen molar-refractivity contribution in [2.75, 3.05) is 19.8 Å². The minimum Gasteiger partial charge on any atom is -0.382 e. The highest BCUT2D eigenvalue weighted by molar-refractivity contribution is 7.15. The molecule has 5 heteroatoms. The van der Waals surface area contributed by atoms with E-state index in [0.717, 1.165) is 49.7 Å². The van der Waals surface area contributed by atoms with Gasteiger partial charge in [-0.3, -0.25) is 4.40 Å². The molecule has 19 heavy (non-hydrogen) atoms. The molecular formula is C14H23N3OS. The third-order valence-electron chi connectivity index (χ3n) is 3.10. The maximum absolute atomic E-state index is 5.46. The van der Waals surface area contributed by atoms with Gasteiger partial charge in [-0.2, -0.15) is 0 Å². The van der Waals surface area contributed by atoms with Crippen LogP contribution in [0.25, 0.3) is 4.96 Å². The van der Waals surface area contributed by atoms with Gasteiger partial charge in [0.05, 0.1) is 5.69 Å². The fourth-order valence-electron chi connectivity index (χ4n) is 2.12. The second-order valence-electron chi connectivity index (χ2n) is 4.67. The first-order chi connectivity index (χ1) is 9.33. The quantitative estimate of drug-likeness (QED) is 0.718. The Balaban J connectivity index is 1.91. The Hall–Kier alpha value is -0.910. The van der Waals surface area contributed by atoms with Gasteiger partial charge in [-0.15, -0.1) is 11.3 Å². The molecule has 0 saturated heterocycles. The topological polar surface area (TPSA) is 38.6 Å². The van der Waals surface area contributed by atoms with Crippen LogP contribution in [0.3, 0.4) is 0 Å². The van der Waals surface area contributed by atoms with E-state index in [2.05, 4.69) is 39.4 Å². The van der Waals surface area contributed by atoms with Crippen molar-refractivity contribution in [1.82, 2.24) is 14.7 Å². The van der Waals surface area contributed by atoms with Crippen molar-refractivity contribution in [1.29, 1.82) is 0 Å². The number of ether oxygens (including phenoxy) is 1. The first kappa shape index (κ1) is 14.5. The maximum atomic E-state index is 5.46. The second-order valence-corrected chi connectivity index (χ2v) is 5.54. The number of aromatic nitrogens is 2. The zero-order valence-electron chi connectivity index (χ0n) is 11.8. The minimum absolute atomic E-state index is 0.455. The number of hydrogen-bond donors (Lipinski definition) is 1. The molecule has 2 heterocycles. The maximum Gasteiger partial charge on any atom is 0.193 e. The molecule has 0 aromatic carbocycles. The fourth-order valence-corrected chi connectivity index (χ4v) is 2.84. The molecule has 0 saturated carbocycles. The molecule has 0 aliphatic rings. The lowest BCUT2D eigenvalue weighted by Crippen LogP contribution is -2.33. The molecule has 2 rings (SSSR count). The summed E-state index contributed by atoms with van der Waals surface area (Å²) in [5, 5.41) is 5.65. The third kappa shape index (κ3) is 4.30. The van der Waals surface area contributed by atoms with E-state index in [1.165, 1.54) is 0 Å². The zero-order chi connectivity index (χ0) is 13.5. The Morgan fingerprint density at radius 2 is 2.37 bits per heavy atom. The van der Waals surface area contributed by atoms with Crippen LogP contribution in [0.15, 0.2) is 17.8 Å². The Morgan fingerprint density at radius 1 is 1.47 bits per heavy atom. The van der Waals surface area contributed by atoms with Gasteiger partial charge in [0, 0.05) is 43.5 Å². The first-order valence-corrected chi connectivity index (χ1v) is 7.93. The van der Waals surface area contributed by atoms with Gasteiger partial charge in [0.2, 0.25) is 0 Å². The predicted octanol–water partition coefficient (Wildman–Crippen LogP) is 2.73. The smallest absolute Gasteiger partial charge is 0.193 e. The normalized spacial score (nSPS) is 13.2. The summed E-state index contributed by atoms with van der Waals surface area (Å²) in [5.41, 5.74) is 1.16. The van der Waals surface area contributed by atoms with Gasteiger partial charge < -0.3 is 10.1 Å². The van der Waals surface area contributed by atoms with Crippen LogP contribution in [-0.4, -0.2) is 35.2 Å². The molecule has 1 N–H and O–H groups in total. The number of fused-ring (bicyclic) bond motifs is 1. The van der Waals surface area contributed by atoms with Gasteiger partial charge in [-0.05, 0) is 26.3 Å². The third-order valence-corrected chi connectivity index (χ3v) is 3.87. The van der Waals surface area contributed by atoms with Crippen molar-refractivity contribution >= 4 is 16.3 Å². The van der Waals surface area contributed by atoms with Gasteiger partial charge >= 0.3 is 0 Å². The highest BCUT2D eigenvalue weighted by atomic mass is 32.1. The SMILES string of the molecule is CCCNC(CCOCC)Cc1cn2ccsc2n1. The summed E-state index contributed by atoms with van der Waals surface area (Å²) in [4.78, 5) is 5.73. The van der Waals surface area contributed by atoms with Crippen molar-refractivity contribution in [3.8, 4) is 0 Å². The number of imidazole rings is 1. The van der Waals surface area contributed by atoms with Gasteiger partial charge in [0.1, 0.15) is 0 Å². The van der Waals surface area contributed by atoms with E-state index in [-0.39, 0.29) is 0 Å². The lowest BCUT2D eigenvalue weighted by atomic mass is 10.1. The molecule has 0 aliphatic heterocycles. The van der Waals surface area contributed by atoms with Crippen LogP contribution in [0, 0.1) is 0 Å². The Bertz CT molecular complexity index is 451. The predicted molar refractivity (Wildman–Crippen MR) is 80.0 cm³/mol. The van der Waals surface area contributed by atoms with Crippen LogP contribution in [-0.2, 0) is 11.2 Å². The summed E-state index contributed by atoms with van der Waals surface area (Å²) >= 11 is 1.68. The number of hydrogen-bond acceptors (Lipinski definition) is 4. The Kier molecular flexibility index (Phi) is 5.82. The van der Waals surface area contributed by atoms with Crippen molar-refractivity contribution < 1.29 is 4.74 Å². The molecule has 106 valence electrons. The standard InChI is InChI=1S/C14H23N3OS/c1-3-6-15-12(5-8-18-4-2)10-13-11-17-7-9-19-14(17)16-13/h7,9,11-12,15H,3-6,8,10H2,1-2H3. The highest BCUT2D eigenvalue weighted by Gasteiger charge is 2.11. The summed E-state index contributed by atoms with van der Waals surface area (Å²) in [7, 11) is 0. The molecule has 2 aromatic rings. The first-order valence-electron chi connectivity index (χ1n) is 7.05. The van der Waals surface area contributed by atoms with Crippen LogP contribution in [0.2, 0.25) is 0 Å². The lowest BCUT2D eigenvalue weighted by Gasteiger charge is -2.17.